The number of fused-ring (bicyclic) bond motifs is 2. The first kappa shape index (κ1) is 21.5. The number of nitrogens with zero attached hydrogens (tertiary/aromatic N) is 6. The maximum atomic E-state index is 4.62. The standard InChI is InChI=1S/C28H25N9/c1-16-14-37(15-32-16)28-22-10-25(34-24(22)6-7-30-28)26-23-9-20(12-31-27(23)36-35-26)19-8-21(13-29-11-19)33-17(2)18-4-3-5-18/h6-15,18,33-34H,2-5H2,1H3,(H,31,35,36). The number of hydrogen-bond acceptors (Lipinski definition) is 6. The molecule has 0 radical (unpaired) electrons. The number of hydrogen-bond donors (Lipinski definition) is 3. The molecule has 0 aromatic carbocycles. The van der Waals surface area contributed by atoms with Gasteiger partial charge in [0.2, 0.25) is 0 Å². The van der Waals surface area contributed by atoms with Gasteiger partial charge in [-0.15, -0.1) is 0 Å². The van der Waals surface area contributed by atoms with Gasteiger partial charge in [-0.1, -0.05) is 13.0 Å². The van der Waals surface area contributed by atoms with E-state index in [1.807, 2.05) is 42.3 Å². The van der Waals surface area contributed by atoms with Crippen LogP contribution in [0.5, 0.6) is 0 Å². The van der Waals surface area contributed by atoms with Crippen LogP contribution in [0, 0.1) is 12.8 Å². The van der Waals surface area contributed by atoms with Crippen molar-refractivity contribution in [2.24, 2.45) is 5.92 Å². The molecule has 1 fully saturated rings. The van der Waals surface area contributed by atoms with E-state index >= 15 is 0 Å². The van der Waals surface area contributed by atoms with Gasteiger partial charge < -0.3 is 10.3 Å². The molecule has 0 amide bonds. The molecule has 182 valence electrons. The van der Waals surface area contributed by atoms with Gasteiger partial charge in [0.1, 0.15) is 12.1 Å². The van der Waals surface area contributed by atoms with Gasteiger partial charge >= 0.3 is 0 Å². The van der Waals surface area contributed by atoms with E-state index in [4.69, 9.17) is 0 Å². The predicted molar refractivity (Wildman–Crippen MR) is 144 cm³/mol. The van der Waals surface area contributed by atoms with Crippen molar-refractivity contribution in [2.75, 3.05) is 5.32 Å². The van der Waals surface area contributed by atoms with Crippen molar-refractivity contribution >= 4 is 27.6 Å². The Morgan fingerprint density at radius 1 is 1.05 bits per heavy atom. The Hall–Kier alpha value is -4.79. The summed E-state index contributed by atoms with van der Waals surface area (Å²) in [5.41, 5.74) is 8.30. The Bertz CT molecular complexity index is 1780. The lowest BCUT2D eigenvalue weighted by Crippen LogP contribution is -2.18. The van der Waals surface area contributed by atoms with Crippen LogP contribution in [0.25, 0.3) is 50.3 Å². The van der Waals surface area contributed by atoms with Crippen molar-refractivity contribution in [2.45, 2.75) is 26.2 Å². The van der Waals surface area contributed by atoms with Crippen LogP contribution < -0.4 is 5.32 Å². The zero-order valence-corrected chi connectivity index (χ0v) is 20.4. The van der Waals surface area contributed by atoms with Gasteiger partial charge in [-0.05, 0) is 49.9 Å². The Morgan fingerprint density at radius 2 is 1.95 bits per heavy atom. The molecule has 37 heavy (non-hydrogen) atoms. The second-order valence-corrected chi connectivity index (χ2v) is 9.64. The highest BCUT2D eigenvalue weighted by Gasteiger charge is 2.21. The summed E-state index contributed by atoms with van der Waals surface area (Å²) in [6.07, 6.45) is 14.8. The summed E-state index contributed by atoms with van der Waals surface area (Å²) in [5, 5.41) is 13.0. The van der Waals surface area contributed by atoms with Crippen molar-refractivity contribution in [1.82, 2.24) is 39.7 Å². The molecule has 0 aliphatic heterocycles. The van der Waals surface area contributed by atoms with Crippen molar-refractivity contribution < 1.29 is 0 Å². The molecule has 6 heterocycles. The first-order valence-electron chi connectivity index (χ1n) is 12.4. The van der Waals surface area contributed by atoms with Gasteiger partial charge in [-0.25, -0.2) is 15.0 Å². The number of nitrogens with one attached hydrogen (secondary N) is 3. The molecule has 1 aliphatic carbocycles. The van der Waals surface area contributed by atoms with E-state index in [1.165, 1.54) is 19.3 Å². The lowest BCUT2D eigenvalue weighted by Gasteiger charge is -2.28. The van der Waals surface area contributed by atoms with Gasteiger partial charge in [0.05, 0.1) is 34.5 Å². The van der Waals surface area contributed by atoms with Crippen LogP contribution in [-0.4, -0.2) is 39.7 Å². The molecule has 0 bridgehead atoms. The molecule has 0 saturated heterocycles. The second kappa shape index (κ2) is 8.41. The largest absolute Gasteiger partial charge is 0.358 e. The first-order chi connectivity index (χ1) is 18.1. The average Bonchev–Trinajstić information content (AvgIpc) is 3.60. The van der Waals surface area contributed by atoms with Gasteiger partial charge in [-0.3, -0.25) is 14.6 Å². The second-order valence-electron chi connectivity index (χ2n) is 9.64. The zero-order chi connectivity index (χ0) is 24.9. The minimum Gasteiger partial charge on any atom is -0.358 e. The minimum absolute atomic E-state index is 0.556. The Labute approximate surface area is 212 Å². The predicted octanol–water partition coefficient (Wildman–Crippen LogP) is 5.78. The van der Waals surface area contributed by atoms with E-state index in [-0.39, 0.29) is 0 Å². The quantitative estimate of drug-likeness (QED) is 0.274. The first-order valence-corrected chi connectivity index (χ1v) is 12.4. The van der Waals surface area contributed by atoms with Crippen molar-refractivity contribution in [3.63, 3.8) is 0 Å². The number of aromatic amines is 2. The van der Waals surface area contributed by atoms with Gasteiger partial charge in [0, 0.05) is 52.4 Å². The fraction of sp³-hybridized carbons (Fsp3) is 0.179. The monoisotopic (exact) mass is 487 g/mol. The Kier molecular flexibility index (Phi) is 4.88. The number of pyridine rings is 3. The molecule has 0 atom stereocenters. The van der Waals surface area contributed by atoms with E-state index in [2.05, 4.69) is 65.2 Å². The maximum absolute atomic E-state index is 4.62. The van der Waals surface area contributed by atoms with E-state index < -0.39 is 0 Å². The Balaban J connectivity index is 1.26. The smallest absolute Gasteiger partial charge is 0.181 e. The molecule has 0 spiro atoms. The SMILES string of the molecule is C=C(Nc1cncc(-c2cnc3n[nH]c(-c4cc5c(-n6cnc(C)c6)nccc5[nH]4)c3c2)c1)C1CCC1. The van der Waals surface area contributed by atoms with E-state index in [1.54, 1.807) is 12.5 Å². The highest BCUT2D eigenvalue weighted by molar-refractivity contribution is 5.97. The third-order valence-electron chi connectivity index (χ3n) is 7.14. The Morgan fingerprint density at radius 3 is 2.76 bits per heavy atom. The van der Waals surface area contributed by atoms with Crippen molar-refractivity contribution in [3.8, 4) is 28.3 Å². The van der Waals surface area contributed by atoms with Crippen molar-refractivity contribution in [3.05, 3.63) is 79.5 Å². The molecule has 6 aromatic heterocycles. The van der Waals surface area contributed by atoms with Crippen LogP contribution in [0.1, 0.15) is 25.0 Å². The average molecular weight is 488 g/mol. The lowest BCUT2D eigenvalue weighted by atomic mass is 9.83. The van der Waals surface area contributed by atoms with Crippen molar-refractivity contribution in [1.29, 1.82) is 0 Å². The summed E-state index contributed by atoms with van der Waals surface area (Å²) >= 11 is 0. The number of rotatable bonds is 6. The highest BCUT2D eigenvalue weighted by atomic mass is 15.2. The summed E-state index contributed by atoms with van der Waals surface area (Å²) in [6.45, 7) is 6.19. The number of allylic oxidation sites excluding steroid dienone is 1. The van der Waals surface area contributed by atoms with E-state index in [0.717, 1.165) is 61.7 Å². The van der Waals surface area contributed by atoms with Crippen LogP contribution in [0.15, 0.2) is 73.9 Å². The lowest BCUT2D eigenvalue weighted by molar-refractivity contribution is 0.371. The zero-order valence-electron chi connectivity index (χ0n) is 20.4. The molecular weight excluding hydrogens is 462 g/mol. The van der Waals surface area contributed by atoms with E-state index in [0.29, 0.717) is 11.6 Å². The fourth-order valence-corrected chi connectivity index (χ4v) is 4.89. The fourth-order valence-electron chi connectivity index (χ4n) is 4.89. The number of anilines is 1. The van der Waals surface area contributed by atoms with Crippen LogP contribution in [0.4, 0.5) is 5.69 Å². The molecule has 6 aromatic rings. The summed E-state index contributed by atoms with van der Waals surface area (Å²) in [6, 6.07) is 8.25. The normalized spacial score (nSPS) is 13.8. The topological polar surface area (TPSA) is 113 Å². The van der Waals surface area contributed by atoms with Crippen LogP contribution in [-0.2, 0) is 0 Å². The van der Waals surface area contributed by atoms with Crippen LogP contribution in [0.3, 0.4) is 0 Å². The molecule has 7 rings (SSSR count). The summed E-state index contributed by atoms with van der Waals surface area (Å²) in [5.74, 6) is 1.38. The third-order valence-corrected chi connectivity index (χ3v) is 7.14. The number of imidazole rings is 1. The van der Waals surface area contributed by atoms with Gasteiger partial charge in [0.15, 0.2) is 5.65 Å². The molecule has 0 unspecified atom stereocenters. The summed E-state index contributed by atoms with van der Waals surface area (Å²) in [4.78, 5) is 21.5. The van der Waals surface area contributed by atoms with Gasteiger partial charge in [-0.2, -0.15) is 5.10 Å². The molecule has 9 nitrogen and oxygen atoms in total. The van der Waals surface area contributed by atoms with E-state index in [9.17, 15) is 0 Å². The number of aromatic nitrogens is 8. The highest BCUT2D eigenvalue weighted by Crippen LogP contribution is 2.34. The summed E-state index contributed by atoms with van der Waals surface area (Å²) in [7, 11) is 0. The number of H-pyrrole nitrogens is 2. The summed E-state index contributed by atoms with van der Waals surface area (Å²) < 4.78 is 1.94. The molecule has 1 aliphatic rings. The third kappa shape index (κ3) is 3.76. The molecule has 1 saturated carbocycles. The molecular formula is C28H25N9. The molecule has 3 N–H and O–H groups in total. The van der Waals surface area contributed by atoms with Crippen LogP contribution >= 0.6 is 0 Å². The maximum Gasteiger partial charge on any atom is 0.181 e. The molecule has 9 heteroatoms. The minimum atomic E-state index is 0.556. The van der Waals surface area contributed by atoms with Crippen LogP contribution in [0.2, 0.25) is 0 Å². The van der Waals surface area contributed by atoms with Gasteiger partial charge in [0.25, 0.3) is 0 Å². The number of aryl methyl sites for hydroxylation is 1.